The second-order valence-corrected chi connectivity index (χ2v) is 12.6. The van der Waals surface area contributed by atoms with Crippen LogP contribution in [0.4, 0.5) is 5.69 Å². The maximum absolute atomic E-state index is 14.2. The number of ether oxygens (including phenoxy) is 2. The lowest BCUT2D eigenvalue weighted by molar-refractivity contribution is -0.139. The maximum atomic E-state index is 14.2. The van der Waals surface area contributed by atoms with E-state index in [0.29, 0.717) is 23.0 Å². The first-order valence-corrected chi connectivity index (χ1v) is 15.9. The Kier molecular flexibility index (Phi) is 11.9. The van der Waals surface area contributed by atoms with Crippen LogP contribution in [-0.2, 0) is 26.2 Å². The number of sulfonamides is 1. The van der Waals surface area contributed by atoms with Crippen LogP contribution in [0.3, 0.4) is 0 Å². The maximum Gasteiger partial charge on any atom is 0.264 e. The third kappa shape index (κ3) is 8.64. The average molecular weight is 630 g/mol. The van der Waals surface area contributed by atoms with Crippen LogP contribution in [0.2, 0.25) is 5.02 Å². The molecule has 0 aliphatic heterocycles. The van der Waals surface area contributed by atoms with Crippen LogP contribution in [0, 0.1) is 13.8 Å². The molecule has 0 aliphatic rings. The van der Waals surface area contributed by atoms with Gasteiger partial charge in [-0.3, -0.25) is 13.9 Å². The Balaban J connectivity index is 2.08. The third-order valence-corrected chi connectivity index (χ3v) is 9.00. The van der Waals surface area contributed by atoms with Crippen molar-refractivity contribution in [2.75, 3.05) is 31.6 Å². The molecule has 3 aromatic carbocycles. The Bertz CT molecular complexity index is 1510. The van der Waals surface area contributed by atoms with Crippen LogP contribution in [-0.4, -0.2) is 58.5 Å². The average Bonchev–Trinajstić information content (AvgIpc) is 2.98. The van der Waals surface area contributed by atoms with Crippen LogP contribution in [0.1, 0.15) is 43.4 Å². The van der Waals surface area contributed by atoms with E-state index in [2.05, 4.69) is 5.32 Å². The van der Waals surface area contributed by atoms with E-state index >= 15 is 0 Å². The SMILES string of the molecule is CCCCNC(=O)[C@H](C)N(Cc1ccc(Cl)cc1)C(=O)CN(c1cc(C)cc(C)c1)S(=O)(=O)c1ccc(OC)c(OC)c1. The van der Waals surface area contributed by atoms with Crippen molar-refractivity contribution in [1.82, 2.24) is 10.2 Å². The molecule has 43 heavy (non-hydrogen) atoms. The zero-order valence-corrected chi connectivity index (χ0v) is 27.1. The number of aryl methyl sites for hydroxylation is 2. The van der Waals surface area contributed by atoms with Gasteiger partial charge in [0, 0.05) is 24.2 Å². The van der Waals surface area contributed by atoms with Crippen molar-refractivity contribution in [1.29, 1.82) is 0 Å². The first-order chi connectivity index (χ1) is 20.4. The second-order valence-electron chi connectivity index (χ2n) is 10.3. The van der Waals surface area contributed by atoms with Gasteiger partial charge in [0.2, 0.25) is 11.8 Å². The van der Waals surface area contributed by atoms with Gasteiger partial charge >= 0.3 is 0 Å². The molecule has 0 unspecified atom stereocenters. The molecule has 0 radical (unpaired) electrons. The van der Waals surface area contributed by atoms with Crippen molar-refractivity contribution in [2.45, 2.75) is 58.0 Å². The van der Waals surface area contributed by atoms with E-state index in [1.54, 1.807) is 43.3 Å². The highest BCUT2D eigenvalue weighted by Crippen LogP contribution is 2.33. The van der Waals surface area contributed by atoms with E-state index in [4.69, 9.17) is 21.1 Å². The van der Waals surface area contributed by atoms with Gasteiger partial charge in [-0.2, -0.15) is 0 Å². The smallest absolute Gasteiger partial charge is 0.264 e. The molecule has 3 aromatic rings. The van der Waals surface area contributed by atoms with E-state index < -0.39 is 28.5 Å². The quantitative estimate of drug-likeness (QED) is 0.236. The van der Waals surface area contributed by atoms with E-state index in [1.807, 2.05) is 26.8 Å². The minimum atomic E-state index is -4.28. The molecule has 0 bridgehead atoms. The number of methoxy groups -OCH3 is 2. The number of benzene rings is 3. The fourth-order valence-electron chi connectivity index (χ4n) is 4.63. The zero-order chi connectivity index (χ0) is 31.7. The molecule has 0 aromatic heterocycles. The summed E-state index contributed by atoms with van der Waals surface area (Å²) in [6.45, 7) is 7.38. The summed E-state index contributed by atoms with van der Waals surface area (Å²) in [6, 6.07) is 15.7. The van der Waals surface area contributed by atoms with E-state index in [1.165, 1.54) is 37.3 Å². The monoisotopic (exact) mass is 629 g/mol. The topological polar surface area (TPSA) is 105 Å². The van der Waals surface area contributed by atoms with Crippen LogP contribution in [0.15, 0.2) is 65.6 Å². The lowest BCUT2D eigenvalue weighted by atomic mass is 10.1. The first kappa shape index (κ1) is 33.7. The number of nitrogens with zero attached hydrogens (tertiary/aromatic N) is 2. The summed E-state index contributed by atoms with van der Waals surface area (Å²) in [7, 11) is -1.41. The van der Waals surface area contributed by atoms with Crippen LogP contribution < -0.4 is 19.1 Å². The molecule has 0 spiro atoms. The van der Waals surface area contributed by atoms with Gasteiger partial charge in [-0.25, -0.2) is 8.42 Å². The first-order valence-electron chi connectivity index (χ1n) is 14.1. The zero-order valence-electron chi connectivity index (χ0n) is 25.5. The van der Waals surface area contributed by atoms with E-state index in [9.17, 15) is 18.0 Å². The molecule has 1 atom stereocenters. The second kappa shape index (κ2) is 15.1. The van der Waals surface area contributed by atoms with Crippen LogP contribution >= 0.6 is 11.6 Å². The lowest BCUT2D eigenvalue weighted by Crippen LogP contribution is -2.51. The minimum Gasteiger partial charge on any atom is -0.493 e. The normalized spacial score (nSPS) is 11.9. The predicted octanol–water partition coefficient (Wildman–Crippen LogP) is 5.50. The largest absolute Gasteiger partial charge is 0.493 e. The van der Waals surface area contributed by atoms with Gasteiger partial charge in [-0.05, 0) is 80.3 Å². The number of amides is 2. The number of rotatable bonds is 14. The Morgan fingerprint density at radius 2 is 1.56 bits per heavy atom. The number of hydrogen-bond acceptors (Lipinski definition) is 6. The van der Waals surface area contributed by atoms with Crippen LogP contribution in [0.5, 0.6) is 11.5 Å². The highest BCUT2D eigenvalue weighted by molar-refractivity contribution is 7.92. The van der Waals surface area contributed by atoms with Gasteiger partial charge in [0.25, 0.3) is 10.0 Å². The van der Waals surface area contributed by atoms with Gasteiger partial charge in [-0.15, -0.1) is 0 Å². The number of halogens is 1. The molecule has 232 valence electrons. The molecular weight excluding hydrogens is 590 g/mol. The van der Waals surface area contributed by atoms with E-state index in [-0.39, 0.29) is 23.1 Å². The summed E-state index contributed by atoms with van der Waals surface area (Å²) in [6.07, 6.45) is 1.70. The Labute approximate surface area is 259 Å². The fraction of sp³-hybridized carbons (Fsp3) is 0.375. The summed E-state index contributed by atoms with van der Waals surface area (Å²) in [4.78, 5) is 28.5. The van der Waals surface area contributed by atoms with Crippen molar-refractivity contribution in [2.24, 2.45) is 0 Å². The summed E-state index contributed by atoms with van der Waals surface area (Å²) in [5, 5.41) is 3.42. The third-order valence-electron chi connectivity index (χ3n) is 6.98. The van der Waals surface area contributed by atoms with Gasteiger partial charge in [0.15, 0.2) is 11.5 Å². The highest BCUT2D eigenvalue weighted by atomic mass is 35.5. The summed E-state index contributed by atoms with van der Waals surface area (Å²) >= 11 is 6.07. The molecule has 1 N–H and O–H groups in total. The Morgan fingerprint density at radius 1 is 0.930 bits per heavy atom. The molecule has 11 heteroatoms. The fourth-order valence-corrected chi connectivity index (χ4v) is 6.17. The Morgan fingerprint density at radius 3 is 2.14 bits per heavy atom. The molecule has 0 heterocycles. The minimum absolute atomic E-state index is 0.0771. The van der Waals surface area contributed by atoms with Gasteiger partial charge in [0.1, 0.15) is 12.6 Å². The molecule has 3 rings (SSSR count). The molecule has 0 fully saturated rings. The van der Waals surface area contributed by atoms with Crippen molar-refractivity contribution in [3.8, 4) is 11.5 Å². The van der Waals surface area contributed by atoms with Crippen molar-refractivity contribution in [3.05, 3.63) is 82.4 Å². The number of nitrogens with one attached hydrogen (secondary N) is 1. The molecule has 0 saturated heterocycles. The number of hydrogen-bond donors (Lipinski definition) is 1. The summed E-state index contributed by atoms with van der Waals surface area (Å²) in [5.74, 6) is -0.266. The number of unbranched alkanes of at least 4 members (excludes halogenated alkanes) is 1. The van der Waals surface area contributed by atoms with Crippen molar-refractivity contribution < 1.29 is 27.5 Å². The van der Waals surface area contributed by atoms with E-state index in [0.717, 1.165) is 33.8 Å². The predicted molar refractivity (Wildman–Crippen MR) is 169 cm³/mol. The lowest BCUT2D eigenvalue weighted by Gasteiger charge is -2.32. The van der Waals surface area contributed by atoms with Crippen molar-refractivity contribution >= 4 is 39.1 Å². The summed E-state index contributed by atoms with van der Waals surface area (Å²) < 4.78 is 40.2. The van der Waals surface area contributed by atoms with Crippen LogP contribution in [0.25, 0.3) is 0 Å². The standard InChI is InChI=1S/C32H40ClN3O6S/c1-7-8-15-34-32(38)24(4)35(20-25-9-11-26(33)12-10-25)31(37)21-36(27-17-22(2)16-23(3)18-27)43(39,40)28-13-14-29(41-5)30(19-28)42-6/h9-14,16-19,24H,7-8,15,20-21H2,1-6H3,(H,34,38)/t24-/m0/s1. The number of carbonyl (C=O) groups is 2. The molecule has 0 saturated carbocycles. The molecule has 0 aliphatic carbocycles. The Hall–Kier alpha value is -3.76. The number of carbonyl (C=O) groups excluding carboxylic acids is 2. The number of anilines is 1. The summed E-state index contributed by atoms with van der Waals surface area (Å²) in [5.41, 5.74) is 2.73. The van der Waals surface area contributed by atoms with Crippen molar-refractivity contribution in [3.63, 3.8) is 0 Å². The highest BCUT2D eigenvalue weighted by Gasteiger charge is 2.33. The van der Waals surface area contributed by atoms with Gasteiger partial charge in [-0.1, -0.05) is 43.1 Å². The molecular formula is C32H40ClN3O6S. The molecule has 9 nitrogen and oxygen atoms in total. The van der Waals surface area contributed by atoms with Gasteiger partial charge in [0.05, 0.1) is 24.8 Å². The molecule has 2 amide bonds. The van der Waals surface area contributed by atoms with Gasteiger partial charge < -0.3 is 19.7 Å².